The fourth-order valence-electron chi connectivity index (χ4n) is 2.08. The Balaban J connectivity index is 2.60. The summed E-state index contributed by atoms with van der Waals surface area (Å²) in [6.45, 7) is 6.27. The number of hydrogen-bond acceptors (Lipinski definition) is 4. The smallest absolute Gasteiger partial charge is 0.407 e. The molecule has 1 aliphatic rings. The van der Waals surface area contributed by atoms with Gasteiger partial charge >= 0.3 is 6.09 Å². The molecule has 114 valence electrons. The van der Waals surface area contributed by atoms with Gasteiger partial charge in [-0.1, -0.05) is 13.8 Å². The van der Waals surface area contributed by atoms with E-state index in [1.165, 1.54) is 14.0 Å². The van der Waals surface area contributed by atoms with Crippen LogP contribution in [0, 0.1) is 5.92 Å². The van der Waals surface area contributed by atoms with Gasteiger partial charge in [0.15, 0.2) is 0 Å². The molecule has 20 heavy (non-hydrogen) atoms. The number of ether oxygens (including phenoxy) is 1. The fraction of sp³-hybridized carbons (Fsp3) is 0.769. The van der Waals surface area contributed by atoms with E-state index in [2.05, 4.69) is 15.4 Å². The van der Waals surface area contributed by atoms with Crippen molar-refractivity contribution in [2.75, 3.05) is 20.2 Å². The Morgan fingerprint density at radius 3 is 2.40 bits per heavy atom. The molecule has 1 rings (SSSR count). The van der Waals surface area contributed by atoms with Crippen LogP contribution in [0.4, 0.5) is 4.79 Å². The average molecular weight is 285 g/mol. The quantitative estimate of drug-likeness (QED) is 0.750. The Hall–Kier alpha value is -1.79. The highest BCUT2D eigenvalue weighted by Crippen LogP contribution is 2.20. The van der Waals surface area contributed by atoms with Crippen LogP contribution in [0.5, 0.6) is 0 Å². The Labute approximate surface area is 119 Å². The van der Waals surface area contributed by atoms with E-state index < -0.39 is 12.1 Å². The van der Waals surface area contributed by atoms with Crippen LogP contribution in [0.25, 0.3) is 0 Å². The average Bonchev–Trinajstić information content (AvgIpc) is 2.33. The van der Waals surface area contributed by atoms with Crippen LogP contribution in [0.3, 0.4) is 0 Å². The Morgan fingerprint density at radius 2 is 2.00 bits per heavy atom. The van der Waals surface area contributed by atoms with Gasteiger partial charge in [-0.3, -0.25) is 9.59 Å². The lowest BCUT2D eigenvalue weighted by molar-refractivity contribution is -0.142. The van der Waals surface area contributed by atoms with Crippen molar-refractivity contribution >= 4 is 17.9 Å². The molecule has 0 aromatic rings. The van der Waals surface area contributed by atoms with Gasteiger partial charge in [-0.05, 0) is 12.3 Å². The van der Waals surface area contributed by atoms with E-state index in [0.29, 0.717) is 13.1 Å². The summed E-state index contributed by atoms with van der Waals surface area (Å²) >= 11 is 0. The standard InChI is InChI=1S/C13H23N3O4/c1-8(2)11(15-13(19)20-4)12(18)16-6-5-10(16)7-14-9(3)17/h8,10-11H,5-7H2,1-4H3,(H,14,17)(H,15,19)/t10-,11-/m0/s1. The van der Waals surface area contributed by atoms with Gasteiger partial charge in [-0.15, -0.1) is 0 Å². The molecule has 2 N–H and O–H groups in total. The van der Waals surface area contributed by atoms with E-state index in [0.717, 1.165) is 6.42 Å². The monoisotopic (exact) mass is 285 g/mol. The lowest BCUT2D eigenvalue weighted by Crippen LogP contribution is -2.61. The predicted molar refractivity (Wildman–Crippen MR) is 73.0 cm³/mol. The van der Waals surface area contributed by atoms with Crippen LogP contribution < -0.4 is 10.6 Å². The van der Waals surface area contributed by atoms with E-state index in [4.69, 9.17) is 0 Å². The zero-order valence-corrected chi connectivity index (χ0v) is 12.4. The molecule has 7 nitrogen and oxygen atoms in total. The molecule has 0 bridgehead atoms. The third kappa shape index (κ3) is 4.11. The lowest BCUT2D eigenvalue weighted by atomic mass is 9.97. The second kappa shape index (κ2) is 7.12. The maximum Gasteiger partial charge on any atom is 0.407 e. The van der Waals surface area contributed by atoms with Crippen LogP contribution >= 0.6 is 0 Å². The molecule has 0 aromatic heterocycles. The number of nitrogens with one attached hydrogen (secondary N) is 2. The largest absolute Gasteiger partial charge is 0.453 e. The first-order valence-electron chi connectivity index (χ1n) is 6.76. The number of nitrogens with zero attached hydrogens (tertiary/aromatic N) is 1. The number of methoxy groups -OCH3 is 1. The van der Waals surface area contributed by atoms with Crippen LogP contribution in [0.1, 0.15) is 27.2 Å². The Bertz CT molecular complexity index is 384. The molecule has 0 radical (unpaired) electrons. The normalized spacial score (nSPS) is 19.1. The summed E-state index contributed by atoms with van der Waals surface area (Å²) in [5, 5.41) is 5.27. The van der Waals surface area contributed by atoms with Gasteiger partial charge in [0.25, 0.3) is 0 Å². The van der Waals surface area contributed by atoms with Crippen molar-refractivity contribution < 1.29 is 19.1 Å². The van der Waals surface area contributed by atoms with E-state index in [-0.39, 0.29) is 23.8 Å². The summed E-state index contributed by atoms with van der Waals surface area (Å²) in [6.07, 6.45) is 0.241. The van der Waals surface area contributed by atoms with Crippen molar-refractivity contribution in [1.82, 2.24) is 15.5 Å². The highest BCUT2D eigenvalue weighted by Gasteiger charge is 2.37. The van der Waals surface area contributed by atoms with Crippen molar-refractivity contribution in [2.24, 2.45) is 5.92 Å². The third-order valence-electron chi connectivity index (χ3n) is 3.41. The highest BCUT2D eigenvalue weighted by atomic mass is 16.5. The summed E-state index contributed by atoms with van der Waals surface area (Å²) in [4.78, 5) is 36.3. The molecular formula is C13H23N3O4. The molecule has 0 spiro atoms. The van der Waals surface area contributed by atoms with Crippen LogP contribution in [0.2, 0.25) is 0 Å². The van der Waals surface area contributed by atoms with E-state index in [1.54, 1.807) is 4.90 Å². The van der Waals surface area contributed by atoms with Gasteiger partial charge in [0.05, 0.1) is 13.2 Å². The molecule has 1 aliphatic heterocycles. The second-order valence-electron chi connectivity index (χ2n) is 5.27. The summed E-state index contributed by atoms with van der Waals surface area (Å²) in [6, 6.07) is -0.602. The molecule has 1 fully saturated rings. The van der Waals surface area contributed by atoms with Gasteiger partial charge < -0.3 is 20.3 Å². The number of likely N-dealkylation sites (tertiary alicyclic amines) is 1. The first-order chi connectivity index (χ1) is 9.36. The van der Waals surface area contributed by atoms with E-state index in [1.807, 2.05) is 13.8 Å². The molecule has 0 aliphatic carbocycles. The lowest BCUT2D eigenvalue weighted by Gasteiger charge is -2.43. The number of alkyl carbamates (subject to hydrolysis) is 1. The molecule has 3 amide bonds. The number of amides is 3. The maximum atomic E-state index is 12.4. The van der Waals surface area contributed by atoms with Crippen LogP contribution in [-0.4, -0.2) is 55.1 Å². The van der Waals surface area contributed by atoms with Crippen molar-refractivity contribution in [3.63, 3.8) is 0 Å². The van der Waals surface area contributed by atoms with Crippen molar-refractivity contribution in [1.29, 1.82) is 0 Å². The van der Waals surface area contributed by atoms with Gasteiger partial charge in [0.1, 0.15) is 6.04 Å². The minimum atomic E-state index is -0.615. The number of hydrogen-bond donors (Lipinski definition) is 2. The molecule has 1 saturated heterocycles. The molecule has 2 atom stereocenters. The summed E-state index contributed by atoms with van der Waals surface area (Å²) in [5.41, 5.74) is 0. The Morgan fingerprint density at radius 1 is 1.35 bits per heavy atom. The topological polar surface area (TPSA) is 87.7 Å². The number of carbonyl (C=O) groups is 3. The third-order valence-corrected chi connectivity index (χ3v) is 3.41. The summed E-state index contributed by atoms with van der Waals surface area (Å²) in [5.74, 6) is -0.284. The van der Waals surface area contributed by atoms with Crippen molar-refractivity contribution in [3.8, 4) is 0 Å². The van der Waals surface area contributed by atoms with Gasteiger partial charge in [0.2, 0.25) is 11.8 Å². The molecule has 7 heteroatoms. The minimum absolute atomic E-state index is 0.00657. The minimum Gasteiger partial charge on any atom is -0.453 e. The van der Waals surface area contributed by atoms with Gasteiger partial charge in [-0.25, -0.2) is 4.79 Å². The summed E-state index contributed by atoms with van der Waals surface area (Å²) < 4.78 is 4.54. The van der Waals surface area contributed by atoms with E-state index in [9.17, 15) is 14.4 Å². The number of rotatable bonds is 5. The maximum absolute atomic E-state index is 12.4. The molecule has 0 unspecified atom stereocenters. The molecular weight excluding hydrogens is 262 g/mol. The zero-order chi connectivity index (χ0) is 15.3. The van der Waals surface area contributed by atoms with Crippen molar-refractivity contribution in [2.45, 2.75) is 39.3 Å². The second-order valence-corrected chi connectivity index (χ2v) is 5.27. The molecule has 0 aromatic carbocycles. The first kappa shape index (κ1) is 16.3. The summed E-state index contributed by atoms with van der Waals surface area (Å²) in [7, 11) is 1.26. The van der Waals surface area contributed by atoms with Crippen molar-refractivity contribution in [3.05, 3.63) is 0 Å². The molecule has 0 saturated carbocycles. The highest BCUT2D eigenvalue weighted by molar-refractivity contribution is 5.86. The van der Waals surface area contributed by atoms with Crippen LogP contribution in [-0.2, 0) is 14.3 Å². The fourth-order valence-corrected chi connectivity index (χ4v) is 2.08. The van der Waals surface area contributed by atoms with Crippen LogP contribution in [0.15, 0.2) is 0 Å². The Kier molecular flexibility index (Phi) is 5.79. The predicted octanol–water partition coefficient (Wildman–Crippen LogP) is 0.104. The van der Waals surface area contributed by atoms with E-state index >= 15 is 0 Å². The SMILES string of the molecule is COC(=O)N[C@H](C(=O)N1CC[C@H]1CNC(C)=O)C(C)C. The van der Waals surface area contributed by atoms with Gasteiger partial charge in [0, 0.05) is 20.0 Å². The van der Waals surface area contributed by atoms with Gasteiger partial charge in [-0.2, -0.15) is 0 Å². The molecule has 1 heterocycles. The zero-order valence-electron chi connectivity index (χ0n) is 12.4. The number of carbonyl (C=O) groups excluding carboxylic acids is 3. The first-order valence-corrected chi connectivity index (χ1v) is 6.76.